The van der Waals surface area contributed by atoms with Gasteiger partial charge in [0.2, 0.25) is 5.88 Å². The highest BCUT2D eigenvalue weighted by atomic mass is 16.5. The van der Waals surface area contributed by atoms with Crippen LogP contribution in [0.1, 0.15) is 10.4 Å². The number of ether oxygens (including phenoxy) is 2. The van der Waals surface area contributed by atoms with E-state index in [1.165, 1.54) is 17.8 Å². The van der Waals surface area contributed by atoms with Gasteiger partial charge in [-0.25, -0.2) is 9.97 Å². The molecule has 1 saturated heterocycles. The summed E-state index contributed by atoms with van der Waals surface area (Å²) in [6.45, 7) is 0.456. The van der Waals surface area contributed by atoms with Gasteiger partial charge in [-0.15, -0.1) is 0 Å². The minimum atomic E-state index is -0.739. The van der Waals surface area contributed by atoms with Crippen LogP contribution < -0.4 is 20.7 Å². The first-order chi connectivity index (χ1) is 14.1. The lowest BCUT2D eigenvalue weighted by Gasteiger charge is -2.14. The lowest BCUT2D eigenvalue weighted by molar-refractivity contribution is 0.0888. The molecule has 3 aromatic rings. The summed E-state index contributed by atoms with van der Waals surface area (Å²) in [7, 11) is 3.28. The van der Waals surface area contributed by atoms with Crippen LogP contribution >= 0.6 is 0 Å². The topological polar surface area (TPSA) is 135 Å². The van der Waals surface area contributed by atoms with E-state index in [0.717, 1.165) is 0 Å². The fourth-order valence-corrected chi connectivity index (χ4v) is 3.08. The number of anilines is 3. The van der Waals surface area contributed by atoms with Gasteiger partial charge in [0.25, 0.3) is 5.91 Å². The molecule has 0 bridgehead atoms. The predicted molar refractivity (Wildman–Crippen MR) is 105 cm³/mol. The van der Waals surface area contributed by atoms with Gasteiger partial charge in [-0.2, -0.15) is 9.61 Å². The summed E-state index contributed by atoms with van der Waals surface area (Å²) in [5.74, 6) is 1.14. The number of hydrogen-bond acceptors (Lipinski definition) is 9. The average Bonchev–Trinajstić information content (AvgIpc) is 3.34. The first kappa shape index (κ1) is 18.9. The first-order valence-corrected chi connectivity index (χ1v) is 9.00. The maximum atomic E-state index is 12.7. The van der Waals surface area contributed by atoms with Crippen molar-refractivity contribution in [1.82, 2.24) is 24.9 Å². The number of aliphatic hydroxyl groups excluding tert-OH is 1. The summed E-state index contributed by atoms with van der Waals surface area (Å²) in [6.07, 6.45) is 2.33. The van der Waals surface area contributed by atoms with Crippen LogP contribution in [0.5, 0.6) is 5.88 Å². The molecule has 2 atom stereocenters. The largest absolute Gasteiger partial charge is 0.480 e. The molecule has 3 aromatic heterocycles. The molecular formula is C18H21N7O4. The second kappa shape index (κ2) is 7.89. The van der Waals surface area contributed by atoms with Crippen LogP contribution in [0, 0.1) is 0 Å². The number of nitrogens with zero attached hydrogens (tertiary/aromatic N) is 4. The third-order valence-electron chi connectivity index (χ3n) is 4.57. The summed E-state index contributed by atoms with van der Waals surface area (Å²) < 4.78 is 12.0. The van der Waals surface area contributed by atoms with E-state index >= 15 is 0 Å². The van der Waals surface area contributed by atoms with Crippen molar-refractivity contribution in [1.29, 1.82) is 0 Å². The Hall–Kier alpha value is -3.44. The molecule has 0 aromatic carbocycles. The third-order valence-corrected chi connectivity index (χ3v) is 4.57. The Balaban J connectivity index is 1.68. The predicted octanol–water partition coefficient (Wildman–Crippen LogP) is 0.408. The Labute approximate surface area is 166 Å². The SMILES string of the molecule is CNc1cc(Nc2cccnc2OC)nc2c(C(=O)N[C@H]3COC[C@H]3O)cnn12. The Bertz CT molecular complexity index is 1040. The van der Waals surface area contributed by atoms with Crippen LogP contribution in [0.4, 0.5) is 17.3 Å². The lowest BCUT2D eigenvalue weighted by Crippen LogP contribution is -2.42. The number of rotatable bonds is 6. The highest BCUT2D eigenvalue weighted by molar-refractivity contribution is 6.00. The Morgan fingerprint density at radius 3 is 3.00 bits per heavy atom. The number of aliphatic hydroxyl groups is 1. The molecule has 152 valence electrons. The standard InChI is InChI=1S/C18H21N7O4/c1-19-15-6-14(22-11-4-3-5-20-18(11)28-2)24-16-10(7-21-25(15)16)17(27)23-12-8-29-9-13(12)26/h3-7,12-13,19,26H,8-9H2,1-2H3,(H,22,24)(H,23,27)/t12-,13+/m0/s1. The summed E-state index contributed by atoms with van der Waals surface area (Å²) in [6, 6.07) is 4.86. The summed E-state index contributed by atoms with van der Waals surface area (Å²) in [5, 5.41) is 23.1. The molecule has 0 spiro atoms. The fourth-order valence-electron chi connectivity index (χ4n) is 3.08. The second-order valence-electron chi connectivity index (χ2n) is 6.44. The van der Waals surface area contributed by atoms with Gasteiger partial charge in [0.05, 0.1) is 38.7 Å². The molecule has 11 nitrogen and oxygen atoms in total. The zero-order valence-electron chi connectivity index (χ0n) is 15.9. The van der Waals surface area contributed by atoms with E-state index in [-0.39, 0.29) is 24.7 Å². The number of carbonyl (C=O) groups is 1. The van der Waals surface area contributed by atoms with Crippen LogP contribution in [0.15, 0.2) is 30.6 Å². The summed E-state index contributed by atoms with van der Waals surface area (Å²) in [5.41, 5.74) is 1.26. The summed E-state index contributed by atoms with van der Waals surface area (Å²) >= 11 is 0. The zero-order chi connectivity index (χ0) is 20.4. The number of amides is 1. The van der Waals surface area contributed by atoms with Crippen molar-refractivity contribution in [3.8, 4) is 5.88 Å². The van der Waals surface area contributed by atoms with Crippen molar-refractivity contribution in [2.24, 2.45) is 0 Å². The van der Waals surface area contributed by atoms with Crippen molar-refractivity contribution in [2.75, 3.05) is 38.0 Å². The molecular weight excluding hydrogens is 378 g/mol. The molecule has 11 heteroatoms. The smallest absolute Gasteiger partial charge is 0.257 e. The van der Waals surface area contributed by atoms with Gasteiger partial charge in [-0.05, 0) is 12.1 Å². The highest BCUT2D eigenvalue weighted by Gasteiger charge is 2.29. The molecule has 29 heavy (non-hydrogen) atoms. The van der Waals surface area contributed by atoms with E-state index in [9.17, 15) is 9.90 Å². The van der Waals surface area contributed by atoms with E-state index in [0.29, 0.717) is 28.9 Å². The number of methoxy groups -OCH3 is 1. The van der Waals surface area contributed by atoms with Gasteiger partial charge in [0.1, 0.15) is 22.9 Å². The van der Waals surface area contributed by atoms with Crippen molar-refractivity contribution in [3.63, 3.8) is 0 Å². The monoisotopic (exact) mass is 399 g/mol. The van der Waals surface area contributed by atoms with Crippen LogP contribution in [-0.4, -0.2) is 70.1 Å². The normalized spacial score (nSPS) is 18.6. The van der Waals surface area contributed by atoms with Crippen molar-refractivity contribution in [2.45, 2.75) is 12.1 Å². The van der Waals surface area contributed by atoms with Crippen LogP contribution in [0.25, 0.3) is 5.65 Å². The number of fused-ring (bicyclic) bond motifs is 1. The molecule has 4 N–H and O–H groups in total. The van der Waals surface area contributed by atoms with E-state index in [1.54, 1.807) is 25.4 Å². The van der Waals surface area contributed by atoms with Gasteiger partial charge in [0.15, 0.2) is 5.65 Å². The van der Waals surface area contributed by atoms with Crippen molar-refractivity contribution < 1.29 is 19.4 Å². The van der Waals surface area contributed by atoms with E-state index in [1.807, 2.05) is 6.07 Å². The molecule has 0 radical (unpaired) electrons. The minimum absolute atomic E-state index is 0.197. The maximum absolute atomic E-state index is 12.7. The highest BCUT2D eigenvalue weighted by Crippen LogP contribution is 2.26. The van der Waals surface area contributed by atoms with Crippen molar-refractivity contribution in [3.05, 3.63) is 36.2 Å². The van der Waals surface area contributed by atoms with Gasteiger partial charge in [0, 0.05) is 19.3 Å². The van der Waals surface area contributed by atoms with E-state index in [2.05, 4.69) is 31.0 Å². The minimum Gasteiger partial charge on any atom is -0.480 e. The number of carbonyl (C=O) groups excluding carboxylic acids is 1. The maximum Gasteiger partial charge on any atom is 0.257 e. The molecule has 1 amide bonds. The molecule has 0 unspecified atom stereocenters. The van der Waals surface area contributed by atoms with Gasteiger partial charge in [-0.1, -0.05) is 0 Å². The van der Waals surface area contributed by atoms with Gasteiger partial charge >= 0.3 is 0 Å². The van der Waals surface area contributed by atoms with E-state index < -0.39 is 12.1 Å². The first-order valence-electron chi connectivity index (χ1n) is 9.00. The van der Waals surface area contributed by atoms with Crippen LogP contribution in [-0.2, 0) is 4.74 Å². The quantitative estimate of drug-likeness (QED) is 0.465. The fraction of sp³-hybridized carbons (Fsp3) is 0.333. The number of aromatic nitrogens is 4. The van der Waals surface area contributed by atoms with Crippen LogP contribution in [0.3, 0.4) is 0 Å². The number of nitrogens with one attached hydrogen (secondary N) is 3. The molecule has 1 fully saturated rings. The Morgan fingerprint density at radius 2 is 2.28 bits per heavy atom. The second-order valence-corrected chi connectivity index (χ2v) is 6.44. The van der Waals surface area contributed by atoms with Crippen molar-refractivity contribution >= 4 is 28.9 Å². The average molecular weight is 399 g/mol. The molecule has 0 aliphatic carbocycles. The zero-order valence-corrected chi connectivity index (χ0v) is 15.9. The van der Waals surface area contributed by atoms with Crippen LogP contribution in [0.2, 0.25) is 0 Å². The molecule has 4 rings (SSSR count). The Kier molecular flexibility index (Phi) is 5.14. The molecule has 1 aliphatic rings. The van der Waals surface area contributed by atoms with E-state index in [4.69, 9.17) is 9.47 Å². The molecule has 1 aliphatic heterocycles. The summed E-state index contributed by atoms with van der Waals surface area (Å²) in [4.78, 5) is 21.4. The number of hydrogen-bond donors (Lipinski definition) is 4. The third kappa shape index (κ3) is 3.65. The lowest BCUT2D eigenvalue weighted by atomic mass is 10.2. The van der Waals surface area contributed by atoms with Gasteiger partial charge < -0.3 is 30.5 Å². The van der Waals surface area contributed by atoms with Gasteiger partial charge in [-0.3, -0.25) is 4.79 Å². The Morgan fingerprint density at radius 1 is 1.41 bits per heavy atom. The number of pyridine rings is 1. The molecule has 4 heterocycles. The molecule has 0 saturated carbocycles.